The molecule has 16 heavy (non-hydrogen) atoms. The van der Waals surface area contributed by atoms with Crippen LogP contribution in [0.25, 0.3) is 0 Å². The van der Waals surface area contributed by atoms with E-state index in [9.17, 15) is 0 Å². The van der Waals surface area contributed by atoms with Crippen LogP contribution in [0.3, 0.4) is 0 Å². The van der Waals surface area contributed by atoms with E-state index in [-0.39, 0.29) is 0 Å². The second kappa shape index (κ2) is 4.45. The van der Waals surface area contributed by atoms with Crippen molar-refractivity contribution in [2.24, 2.45) is 0 Å². The zero-order valence-electron chi connectivity index (χ0n) is 9.02. The van der Waals surface area contributed by atoms with E-state index >= 15 is 0 Å². The van der Waals surface area contributed by atoms with Gasteiger partial charge in [0.05, 0.1) is 16.4 Å². The van der Waals surface area contributed by atoms with Gasteiger partial charge in [0.2, 0.25) is 0 Å². The number of halogens is 1. The van der Waals surface area contributed by atoms with Gasteiger partial charge in [-0.2, -0.15) is 0 Å². The number of nitrogen functional groups attached to an aromatic ring is 1. The highest BCUT2D eigenvalue weighted by molar-refractivity contribution is 6.33. The second-order valence-corrected chi connectivity index (χ2v) is 3.97. The quantitative estimate of drug-likeness (QED) is 0.801. The van der Waals surface area contributed by atoms with Crippen molar-refractivity contribution in [1.82, 2.24) is 0 Å². The molecule has 2 N–H and O–H groups in total. The summed E-state index contributed by atoms with van der Waals surface area (Å²) < 4.78 is 0. The number of rotatable bonds is 2. The third kappa shape index (κ3) is 1.97. The van der Waals surface area contributed by atoms with Gasteiger partial charge in [-0.05, 0) is 24.3 Å². The van der Waals surface area contributed by atoms with E-state index in [0.29, 0.717) is 10.7 Å². The fourth-order valence-corrected chi connectivity index (χ4v) is 1.78. The van der Waals surface area contributed by atoms with Crippen molar-refractivity contribution in [2.75, 3.05) is 17.7 Å². The number of nitrogens with zero attached hydrogens (tertiary/aromatic N) is 1. The molecule has 0 atom stereocenters. The van der Waals surface area contributed by atoms with Crippen molar-refractivity contribution in [1.29, 1.82) is 0 Å². The lowest BCUT2D eigenvalue weighted by molar-refractivity contribution is 1.21. The van der Waals surface area contributed by atoms with Gasteiger partial charge in [0.1, 0.15) is 0 Å². The predicted octanol–water partition coefficient (Wildman–Crippen LogP) is 3.69. The smallest absolute Gasteiger partial charge is 0.0744 e. The maximum Gasteiger partial charge on any atom is 0.0744 e. The molecule has 2 aromatic rings. The lowest BCUT2D eigenvalue weighted by Gasteiger charge is -2.21. The molecule has 0 aliphatic heterocycles. The number of hydrogen-bond donors (Lipinski definition) is 1. The Morgan fingerprint density at radius 3 is 2.38 bits per heavy atom. The molecule has 2 nitrogen and oxygen atoms in total. The standard InChI is InChI=1S/C13H13ClN2/c1-16(10-6-3-2-4-7-10)12-9-5-8-11(14)13(12)15/h2-9H,15H2,1H3. The second-order valence-electron chi connectivity index (χ2n) is 3.57. The van der Waals surface area contributed by atoms with Crippen molar-refractivity contribution >= 4 is 28.7 Å². The summed E-state index contributed by atoms with van der Waals surface area (Å²) in [6.45, 7) is 0. The van der Waals surface area contributed by atoms with Gasteiger partial charge in [-0.15, -0.1) is 0 Å². The van der Waals surface area contributed by atoms with E-state index in [1.807, 2.05) is 54.4 Å². The molecular weight excluding hydrogens is 220 g/mol. The Balaban J connectivity index is 2.42. The van der Waals surface area contributed by atoms with Crippen LogP contribution in [0.15, 0.2) is 48.5 Å². The number of hydrogen-bond acceptors (Lipinski definition) is 2. The lowest BCUT2D eigenvalue weighted by atomic mass is 10.2. The summed E-state index contributed by atoms with van der Waals surface area (Å²) in [5, 5.41) is 0.584. The minimum absolute atomic E-state index is 0.584. The van der Waals surface area contributed by atoms with E-state index in [1.165, 1.54) is 0 Å². The molecule has 0 aliphatic rings. The molecule has 0 aliphatic carbocycles. The molecular formula is C13H13ClN2. The summed E-state index contributed by atoms with van der Waals surface area (Å²) in [6.07, 6.45) is 0. The van der Waals surface area contributed by atoms with E-state index in [0.717, 1.165) is 11.4 Å². The Kier molecular flexibility index (Phi) is 3.02. The Hall–Kier alpha value is -1.67. The molecule has 0 bridgehead atoms. The summed E-state index contributed by atoms with van der Waals surface area (Å²) in [7, 11) is 1.97. The van der Waals surface area contributed by atoms with E-state index in [4.69, 9.17) is 17.3 Å². The van der Waals surface area contributed by atoms with E-state index < -0.39 is 0 Å². The topological polar surface area (TPSA) is 29.3 Å². The number of para-hydroxylation sites is 2. The van der Waals surface area contributed by atoms with Crippen LogP contribution in [0.5, 0.6) is 0 Å². The first-order valence-corrected chi connectivity index (χ1v) is 5.40. The largest absolute Gasteiger partial charge is 0.396 e. The summed E-state index contributed by atoms with van der Waals surface area (Å²) in [5.41, 5.74) is 8.55. The Labute approximate surface area is 100 Å². The molecule has 3 heteroatoms. The Morgan fingerprint density at radius 1 is 1.00 bits per heavy atom. The molecule has 0 heterocycles. The maximum absolute atomic E-state index is 5.99. The molecule has 0 spiro atoms. The Bertz CT molecular complexity index is 483. The van der Waals surface area contributed by atoms with Crippen molar-refractivity contribution in [3.63, 3.8) is 0 Å². The first-order chi connectivity index (χ1) is 7.70. The SMILES string of the molecule is CN(c1ccccc1)c1cccc(Cl)c1N. The van der Waals surface area contributed by atoms with Crippen LogP contribution in [-0.2, 0) is 0 Å². The predicted molar refractivity (Wildman–Crippen MR) is 70.4 cm³/mol. The minimum atomic E-state index is 0.584. The maximum atomic E-state index is 5.99. The highest BCUT2D eigenvalue weighted by atomic mass is 35.5. The summed E-state index contributed by atoms with van der Waals surface area (Å²) in [4.78, 5) is 2.02. The van der Waals surface area contributed by atoms with Gasteiger partial charge in [-0.3, -0.25) is 0 Å². The molecule has 0 amide bonds. The van der Waals surface area contributed by atoms with Crippen molar-refractivity contribution in [3.05, 3.63) is 53.6 Å². The van der Waals surface area contributed by atoms with Gasteiger partial charge in [-0.25, -0.2) is 0 Å². The van der Waals surface area contributed by atoms with E-state index in [1.54, 1.807) is 6.07 Å². The molecule has 0 saturated carbocycles. The normalized spacial score (nSPS) is 10.1. The third-order valence-corrected chi connectivity index (χ3v) is 2.86. The molecule has 0 aromatic heterocycles. The van der Waals surface area contributed by atoms with Crippen LogP contribution in [-0.4, -0.2) is 7.05 Å². The van der Waals surface area contributed by atoms with Gasteiger partial charge in [0.15, 0.2) is 0 Å². The summed E-state index contributed by atoms with van der Waals surface area (Å²) >= 11 is 5.99. The molecule has 0 radical (unpaired) electrons. The lowest BCUT2D eigenvalue weighted by Crippen LogP contribution is -2.11. The van der Waals surface area contributed by atoms with Crippen LogP contribution in [0.4, 0.5) is 17.1 Å². The van der Waals surface area contributed by atoms with Gasteiger partial charge >= 0.3 is 0 Å². The van der Waals surface area contributed by atoms with Gasteiger partial charge in [-0.1, -0.05) is 35.9 Å². The average molecular weight is 233 g/mol. The summed E-state index contributed by atoms with van der Waals surface area (Å²) in [5.74, 6) is 0. The van der Waals surface area contributed by atoms with Gasteiger partial charge in [0.25, 0.3) is 0 Å². The monoisotopic (exact) mass is 232 g/mol. The van der Waals surface area contributed by atoms with Crippen molar-refractivity contribution < 1.29 is 0 Å². The first kappa shape index (κ1) is 10.8. The van der Waals surface area contributed by atoms with Crippen LogP contribution >= 0.6 is 11.6 Å². The number of anilines is 3. The first-order valence-electron chi connectivity index (χ1n) is 5.03. The zero-order chi connectivity index (χ0) is 11.5. The van der Waals surface area contributed by atoms with Gasteiger partial charge < -0.3 is 10.6 Å². The van der Waals surface area contributed by atoms with Crippen LogP contribution < -0.4 is 10.6 Å². The van der Waals surface area contributed by atoms with Crippen molar-refractivity contribution in [3.8, 4) is 0 Å². The molecule has 0 fully saturated rings. The number of nitrogens with two attached hydrogens (primary N) is 1. The summed E-state index contributed by atoms with van der Waals surface area (Å²) in [6, 6.07) is 15.7. The minimum Gasteiger partial charge on any atom is -0.396 e. The molecule has 0 unspecified atom stereocenters. The average Bonchev–Trinajstić information content (AvgIpc) is 2.33. The molecule has 0 saturated heterocycles. The van der Waals surface area contributed by atoms with Crippen LogP contribution in [0.2, 0.25) is 5.02 Å². The van der Waals surface area contributed by atoms with Crippen LogP contribution in [0, 0.1) is 0 Å². The fraction of sp³-hybridized carbons (Fsp3) is 0.0769. The molecule has 2 aromatic carbocycles. The zero-order valence-corrected chi connectivity index (χ0v) is 9.78. The van der Waals surface area contributed by atoms with E-state index in [2.05, 4.69) is 0 Å². The highest BCUT2D eigenvalue weighted by Crippen LogP contribution is 2.33. The Morgan fingerprint density at radius 2 is 1.69 bits per heavy atom. The van der Waals surface area contributed by atoms with Crippen molar-refractivity contribution in [2.45, 2.75) is 0 Å². The third-order valence-electron chi connectivity index (χ3n) is 2.53. The highest BCUT2D eigenvalue weighted by Gasteiger charge is 2.08. The van der Waals surface area contributed by atoms with Crippen LogP contribution in [0.1, 0.15) is 0 Å². The molecule has 2 rings (SSSR count). The number of benzene rings is 2. The fourth-order valence-electron chi connectivity index (χ4n) is 1.61. The molecule has 82 valence electrons. The van der Waals surface area contributed by atoms with Gasteiger partial charge in [0, 0.05) is 12.7 Å².